The molecule has 0 atom stereocenters. The number of hydrogen-bond acceptors (Lipinski definition) is 6. The Balaban J connectivity index is 1.68. The molecule has 0 aliphatic rings. The first-order valence-corrected chi connectivity index (χ1v) is 13.0. The second-order valence-corrected chi connectivity index (χ2v) is 9.23. The maximum absolute atomic E-state index is 13.2. The molecule has 0 fully saturated rings. The van der Waals surface area contributed by atoms with Crippen LogP contribution in [-0.4, -0.2) is 54.4 Å². The van der Waals surface area contributed by atoms with Gasteiger partial charge in [0.15, 0.2) is 11.5 Å². The fourth-order valence-corrected chi connectivity index (χ4v) is 4.86. The van der Waals surface area contributed by atoms with E-state index in [0.717, 1.165) is 47.4 Å². The number of fused-ring (bicyclic) bond motifs is 1. The Morgan fingerprint density at radius 3 is 2.67 bits per heavy atom. The molecule has 0 spiro atoms. The monoisotopic (exact) mass is 504 g/mol. The van der Waals surface area contributed by atoms with Crippen LogP contribution in [0.5, 0.6) is 11.5 Å². The average molecular weight is 505 g/mol. The van der Waals surface area contributed by atoms with Gasteiger partial charge in [-0.25, -0.2) is 0 Å². The van der Waals surface area contributed by atoms with Gasteiger partial charge in [0.05, 0.1) is 28.9 Å². The number of carbonyl (C=O) groups is 1. The molecule has 1 amide bonds. The van der Waals surface area contributed by atoms with E-state index >= 15 is 0 Å². The Hall–Kier alpha value is -3.62. The minimum Gasteiger partial charge on any atom is -0.491 e. The van der Waals surface area contributed by atoms with Gasteiger partial charge in [0.25, 0.3) is 5.91 Å². The number of H-pyrrole nitrogens is 1. The van der Waals surface area contributed by atoms with Crippen molar-refractivity contribution in [3.8, 4) is 11.5 Å². The Kier molecular flexibility index (Phi) is 8.40. The van der Waals surface area contributed by atoms with Crippen molar-refractivity contribution in [1.82, 2.24) is 15.1 Å². The third kappa shape index (κ3) is 5.61. The Labute approximate surface area is 215 Å². The van der Waals surface area contributed by atoms with E-state index in [0.29, 0.717) is 28.7 Å². The predicted octanol–water partition coefficient (Wildman–Crippen LogP) is 6.08. The molecule has 0 saturated carbocycles. The zero-order valence-corrected chi connectivity index (χ0v) is 21.9. The lowest BCUT2D eigenvalue weighted by molar-refractivity contribution is 0.102. The summed E-state index contributed by atoms with van der Waals surface area (Å²) in [5.74, 6) is 0.900. The number of rotatable bonds is 11. The highest BCUT2D eigenvalue weighted by Gasteiger charge is 2.19. The number of aromatic nitrogens is 2. The van der Waals surface area contributed by atoms with Gasteiger partial charge in [-0.1, -0.05) is 38.1 Å². The Bertz CT molecular complexity index is 1350. The summed E-state index contributed by atoms with van der Waals surface area (Å²) in [6.07, 6.45) is 3.86. The Morgan fingerprint density at radius 2 is 1.94 bits per heavy atom. The normalized spacial score (nSPS) is 11.5. The van der Waals surface area contributed by atoms with Gasteiger partial charge < -0.3 is 19.7 Å². The van der Waals surface area contributed by atoms with Gasteiger partial charge in [-0.2, -0.15) is 5.10 Å². The first-order valence-electron chi connectivity index (χ1n) is 12.1. The quantitative estimate of drug-likeness (QED) is 0.259. The molecule has 8 heteroatoms. The van der Waals surface area contributed by atoms with Gasteiger partial charge in [0, 0.05) is 17.5 Å². The number of nitrogens with zero attached hydrogens (tertiary/aromatic N) is 2. The maximum atomic E-state index is 13.2. The minimum atomic E-state index is -0.180. The van der Waals surface area contributed by atoms with E-state index in [1.165, 1.54) is 11.3 Å². The molecule has 0 unspecified atom stereocenters. The van der Waals surface area contributed by atoms with Crippen molar-refractivity contribution in [3.63, 3.8) is 0 Å². The molecule has 4 rings (SSSR count). The number of carbonyl (C=O) groups excluding carboxylic acids is 1. The summed E-state index contributed by atoms with van der Waals surface area (Å²) in [7, 11) is 1.59. The van der Waals surface area contributed by atoms with E-state index < -0.39 is 0 Å². The van der Waals surface area contributed by atoms with Crippen molar-refractivity contribution in [2.45, 2.75) is 20.8 Å². The number of thiophene rings is 1. The van der Waals surface area contributed by atoms with Gasteiger partial charge in [-0.15, -0.1) is 11.3 Å². The molecule has 188 valence electrons. The molecular formula is C28H32N4O3S. The van der Waals surface area contributed by atoms with Gasteiger partial charge >= 0.3 is 0 Å². The van der Waals surface area contributed by atoms with Crippen LogP contribution in [0.4, 0.5) is 5.69 Å². The van der Waals surface area contributed by atoms with Crippen LogP contribution in [0.2, 0.25) is 0 Å². The highest BCUT2D eigenvalue weighted by Crippen LogP contribution is 2.39. The zero-order valence-electron chi connectivity index (χ0n) is 21.1. The summed E-state index contributed by atoms with van der Waals surface area (Å²) >= 11 is 1.41. The zero-order chi connectivity index (χ0) is 25.5. The number of anilines is 1. The van der Waals surface area contributed by atoms with Crippen LogP contribution in [-0.2, 0) is 0 Å². The minimum absolute atomic E-state index is 0.180. The van der Waals surface area contributed by atoms with Crippen LogP contribution in [0.25, 0.3) is 23.1 Å². The predicted molar refractivity (Wildman–Crippen MR) is 148 cm³/mol. The summed E-state index contributed by atoms with van der Waals surface area (Å²) in [6, 6.07) is 13.7. The topological polar surface area (TPSA) is 79.5 Å². The van der Waals surface area contributed by atoms with Crippen molar-refractivity contribution in [2.75, 3.05) is 38.7 Å². The highest BCUT2D eigenvalue weighted by molar-refractivity contribution is 7.12. The number of likely N-dealkylation sites (N-methyl/N-ethyl adjacent to an activating group) is 1. The molecule has 0 bridgehead atoms. The summed E-state index contributed by atoms with van der Waals surface area (Å²) in [5, 5.41) is 13.5. The summed E-state index contributed by atoms with van der Waals surface area (Å²) < 4.78 is 11.9. The number of benzene rings is 2. The third-order valence-electron chi connectivity index (χ3n) is 6.14. The number of nitrogens with one attached hydrogen (secondary N) is 2. The molecule has 7 nitrogen and oxygen atoms in total. The molecule has 36 heavy (non-hydrogen) atoms. The lowest BCUT2D eigenvalue weighted by atomic mass is 10.1. The third-order valence-corrected chi connectivity index (χ3v) is 7.16. The van der Waals surface area contributed by atoms with Crippen LogP contribution in [0, 0.1) is 6.92 Å². The van der Waals surface area contributed by atoms with Gasteiger partial charge in [-0.05, 0) is 61.3 Å². The van der Waals surface area contributed by atoms with E-state index in [-0.39, 0.29) is 5.91 Å². The molecule has 0 saturated heterocycles. The number of amides is 1. The standard InChI is InChI=1S/C28H32N4O3S/c1-5-32(6-2)16-17-35-24-14-12-20(11-13-23-21-9-7-8-10-22(21)30-31-23)25(26(24)34-4)29-28(33)27-19(3)15-18-36-27/h7-15,18H,5-6,16-17H2,1-4H3,(H,29,33)(H,30,31)/b13-11+. The lowest BCUT2D eigenvalue weighted by Crippen LogP contribution is -2.28. The lowest BCUT2D eigenvalue weighted by Gasteiger charge is -2.20. The number of aryl methyl sites for hydroxylation is 1. The van der Waals surface area contributed by atoms with Gasteiger partial charge in [0.2, 0.25) is 0 Å². The molecule has 2 heterocycles. The second-order valence-electron chi connectivity index (χ2n) is 8.31. The van der Waals surface area contributed by atoms with E-state index in [4.69, 9.17) is 9.47 Å². The number of aromatic amines is 1. The number of methoxy groups -OCH3 is 1. The van der Waals surface area contributed by atoms with Crippen LogP contribution in [0.15, 0.2) is 47.8 Å². The molecule has 2 aromatic carbocycles. The molecule has 2 aromatic heterocycles. The Morgan fingerprint density at radius 1 is 1.14 bits per heavy atom. The summed E-state index contributed by atoms with van der Waals surface area (Å²) in [5.41, 5.74) is 4.07. The molecular weight excluding hydrogens is 472 g/mol. The fraction of sp³-hybridized carbons (Fsp3) is 0.286. The van der Waals surface area contributed by atoms with Crippen molar-refractivity contribution in [3.05, 3.63) is 69.5 Å². The fourth-order valence-electron chi connectivity index (χ4n) is 4.04. The molecule has 4 aromatic rings. The van der Waals surface area contributed by atoms with Crippen molar-refractivity contribution in [2.24, 2.45) is 0 Å². The largest absolute Gasteiger partial charge is 0.491 e. The SMILES string of the molecule is CCN(CC)CCOc1ccc(/C=C/c2n[nH]c3ccccc23)c(NC(=O)c2sccc2C)c1OC. The van der Waals surface area contributed by atoms with Crippen molar-refractivity contribution >= 4 is 46.0 Å². The van der Waals surface area contributed by atoms with Gasteiger partial charge in [-0.3, -0.25) is 9.89 Å². The highest BCUT2D eigenvalue weighted by atomic mass is 32.1. The number of ether oxygens (including phenoxy) is 2. The van der Waals surface area contributed by atoms with Crippen LogP contribution < -0.4 is 14.8 Å². The summed E-state index contributed by atoms with van der Waals surface area (Å²) in [4.78, 5) is 16.1. The van der Waals surface area contributed by atoms with Crippen LogP contribution >= 0.6 is 11.3 Å². The van der Waals surface area contributed by atoms with E-state index in [2.05, 4.69) is 34.3 Å². The number of hydrogen-bond donors (Lipinski definition) is 2. The van der Waals surface area contributed by atoms with Crippen molar-refractivity contribution in [1.29, 1.82) is 0 Å². The maximum Gasteiger partial charge on any atom is 0.266 e. The first kappa shape index (κ1) is 25.5. The van der Waals surface area contributed by atoms with Crippen LogP contribution in [0.3, 0.4) is 0 Å². The average Bonchev–Trinajstić information content (AvgIpc) is 3.52. The van der Waals surface area contributed by atoms with Crippen LogP contribution in [0.1, 0.15) is 40.3 Å². The number of para-hydroxylation sites is 1. The van der Waals surface area contributed by atoms with Gasteiger partial charge in [0.1, 0.15) is 6.61 Å². The van der Waals surface area contributed by atoms with E-state index in [9.17, 15) is 4.79 Å². The smallest absolute Gasteiger partial charge is 0.266 e. The molecule has 0 aliphatic carbocycles. The summed E-state index contributed by atoms with van der Waals surface area (Å²) in [6.45, 7) is 9.44. The van der Waals surface area contributed by atoms with E-state index in [1.54, 1.807) is 7.11 Å². The molecule has 0 aliphatic heterocycles. The molecule has 2 N–H and O–H groups in total. The second kappa shape index (κ2) is 11.9. The first-order chi connectivity index (χ1) is 17.5. The van der Waals surface area contributed by atoms with Crippen molar-refractivity contribution < 1.29 is 14.3 Å². The molecule has 0 radical (unpaired) electrons. The van der Waals surface area contributed by atoms with E-state index in [1.807, 2.05) is 66.9 Å².